The van der Waals surface area contributed by atoms with E-state index in [9.17, 15) is 10.2 Å². The van der Waals surface area contributed by atoms with Crippen LogP contribution in [0.5, 0.6) is 0 Å². The van der Waals surface area contributed by atoms with Crippen LogP contribution in [0.25, 0.3) is 0 Å². The van der Waals surface area contributed by atoms with Crippen molar-refractivity contribution in [3.05, 3.63) is 0 Å². The maximum Gasteiger partial charge on any atom is 0.352 e. The summed E-state index contributed by atoms with van der Waals surface area (Å²) in [6, 6.07) is 0. The van der Waals surface area contributed by atoms with Gasteiger partial charge in [0, 0.05) is 18.8 Å². The normalized spacial score (nSPS) is 43.2. The zero-order chi connectivity index (χ0) is 11.7. The molecule has 2 rings (SSSR count). The fourth-order valence-electron chi connectivity index (χ4n) is 1.78. The van der Waals surface area contributed by atoms with Crippen molar-refractivity contribution in [1.29, 1.82) is 0 Å². The third-order valence-corrected chi connectivity index (χ3v) is 2.78. The fourth-order valence-corrected chi connectivity index (χ4v) is 1.98. The van der Waals surface area contributed by atoms with Crippen LogP contribution >= 0.6 is 12.2 Å². The third kappa shape index (κ3) is 2.14. The summed E-state index contributed by atoms with van der Waals surface area (Å²) in [7, 11) is 0. The van der Waals surface area contributed by atoms with E-state index in [1.54, 1.807) is 6.92 Å². The summed E-state index contributed by atoms with van der Waals surface area (Å²) in [6.45, 7) is 2.38. The highest BCUT2D eigenvalue weighted by Gasteiger charge is 2.49. The Morgan fingerprint density at radius 2 is 2.19 bits per heavy atom. The zero-order valence-corrected chi connectivity index (χ0v) is 9.55. The first-order chi connectivity index (χ1) is 7.63. The summed E-state index contributed by atoms with van der Waals surface area (Å²) in [4.78, 5) is 0. The molecule has 0 aromatic heterocycles. The van der Waals surface area contributed by atoms with Crippen molar-refractivity contribution in [2.75, 3.05) is 13.2 Å². The molecule has 5 atom stereocenters. The number of hydrogen-bond donors (Lipinski definition) is 2. The Kier molecular flexibility index (Phi) is 3.60. The van der Waals surface area contributed by atoms with E-state index in [4.69, 9.17) is 31.2 Å². The van der Waals surface area contributed by atoms with Gasteiger partial charge in [-0.1, -0.05) is 0 Å². The van der Waals surface area contributed by atoms with Gasteiger partial charge in [-0.2, -0.15) is 0 Å². The van der Waals surface area contributed by atoms with Crippen LogP contribution in [0.15, 0.2) is 0 Å². The van der Waals surface area contributed by atoms with Crippen LogP contribution in [-0.2, 0) is 18.9 Å². The van der Waals surface area contributed by atoms with Gasteiger partial charge in [0.15, 0.2) is 12.4 Å². The molecule has 2 heterocycles. The van der Waals surface area contributed by atoms with Crippen molar-refractivity contribution in [1.82, 2.24) is 0 Å². The standard InChI is InChI=1S/C9H14O6S/c1-2-12-8-6(11)5(10)7(15-8)4-3-13-9(16)14-4/h4-8,10-11H,2-3H2,1H3/t4-,5-,6+,7-,8-/m0/s1. The lowest BCUT2D eigenvalue weighted by atomic mass is 10.1. The molecule has 0 aromatic carbocycles. The van der Waals surface area contributed by atoms with Crippen LogP contribution in [0.3, 0.4) is 0 Å². The number of thiocarbonyl (C=S) groups is 1. The topological polar surface area (TPSA) is 77.4 Å². The zero-order valence-electron chi connectivity index (χ0n) is 8.74. The molecule has 7 heteroatoms. The van der Waals surface area contributed by atoms with Gasteiger partial charge in [0.1, 0.15) is 24.9 Å². The smallest absolute Gasteiger partial charge is 0.352 e. The molecule has 0 radical (unpaired) electrons. The molecule has 0 bridgehead atoms. The molecule has 0 aromatic rings. The Morgan fingerprint density at radius 3 is 2.75 bits per heavy atom. The lowest BCUT2D eigenvalue weighted by molar-refractivity contribution is -0.172. The summed E-state index contributed by atoms with van der Waals surface area (Å²) >= 11 is 4.70. The largest absolute Gasteiger partial charge is 0.453 e. The first-order valence-electron chi connectivity index (χ1n) is 5.10. The van der Waals surface area contributed by atoms with E-state index >= 15 is 0 Å². The van der Waals surface area contributed by atoms with Gasteiger partial charge in [-0.3, -0.25) is 0 Å². The van der Waals surface area contributed by atoms with E-state index in [-0.39, 0.29) is 11.8 Å². The lowest BCUT2D eigenvalue weighted by Gasteiger charge is -2.18. The van der Waals surface area contributed by atoms with Gasteiger partial charge in [-0.05, 0) is 6.92 Å². The maximum absolute atomic E-state index is 9.77. The Labute approximate surface area is 98.0 Å². The van der Waals surface area contributed by atoms with Crippen molar-refractivity contribution in [3.8, 4) is 0 Å². The number of hydrogen-bond acceptors (Lipinski definition) is 7. The molecule has 0 spiro atoms. The van der Waals surface area contributed by atoms with Crippen molar-refractivity contribution in [2.24, 2.45) is 0 Å². The second-order valence-electron chi connectivity index (χ2n) is 3.62. The average molecular weight is 250 g/mol. The Hall–Kier alpha value is -0.470. The average Bonchev–Trinajstić information content (AvgIpc) is 2.78. The molecule has 0 aliphatic carbocycles. The van der Waals surface area contributed by atoms with Crippen LogP contribution in [0.1, 0.15) is 6.92 Å². The molecule has 2 fully saturated rings. The fraction of sp³-hybridized carbons (Fsp3) is 0.889. The molecule has 2 saturated heterocycles. The van der Waals surface area contributed by atoms with E-state index < -0.39 is 30.7 Å². The van der Waals surface area contributed by atoms with E-state index in [0.29, 0.717) is 6.61 Å². The first-order valence-corrected chi connectivity index (χ1v) is 5.51. The molecule has 0 saturated carbocycles. The van der Waals surface area contributed by atoms with Crippen molar-refractivity contribution >= 4 is 17.5 Å². The van der Waals surface area contributed by atoms with Crippen LogP contribution in [0, 0.1) is 0 Å². The van der Waals surface area contributed by atoms with E-state index in [2.05, 4.69) is 0 Å². The Morgan fingerprint density at radius 1 is 1.44 bits per heavy atom. The summed E-state index contributed by atoms with van der Waals surface area (Å²) < 4.78 is 20.6. The Bertz CT molecular complexity index is 273. The Balaban J connectivity index is 1.98. The summed E-state index contributed by atoms with van der Waals surface area (Å²) in [5.74, 6) is 0. The highest BCUT2D eigenvalue weighted by molar-refractivity contribution is 7.79. The van der Waals surface area contributed by atoms with Crippen LogP contribution < -0.4 is 0 Å². The van der Waals surface area contributed by atoms with Crippen molar-refractivity contribution in [3.63, 3.8) is 0 Å². The third-order valence-electron chi connectivity index (χ3n) is 2.57. The number of ether oxygens (including phenoxy) is 4. The quantitative estimate of drug-likeness (QED) is 0.633. The van der Waals surface area contributed by atoms with Crippen molar-refractivity contribution in [2.45, 2.75) is 37.6 Å². The predicted octanol–water partition coefficient (Wildman–Crippen LogP) is -0.830. The first kappa shape index (κ1) is 12.0. The van der Waals surface area contributed by atoms with Gasteiger partial charge in [0.2, 0.25) is 0 Å². The van der Waals surface area contributed by atoms with Crippen LogP contribution in [0.2, 0.25) is 0 Å². The second-order valence-corrected chi connectivity index (χ2v) is 3.96. The summed E-state index contributed by atoms with van der Waals surface area (Å²) in [5.41, 5.74) is 0. The molecule has 92 valence electrons. The van der Waals surface area contributed by atoms with Gasteiger partial charge < -0.3 is 29.2 Å². The minimum Gasteiger partial charge on any atom is -0.453 e. The maximum atomic E-state index is 9.77. The minimum atomic E-state index is -1.08. The van der Waals surface area contributed by atoms with E-state index in [1.165, 1.54) is 0 Å². The minimum absolute atomic E-state index is 0.0372. The molecular formula is C9H14O6S. The van der Waals surface area contributed by atoms with Gasteiger partial charge >= 0.3 is 5.24 Å². The second kappa shape index (κ2) is 4.80. The molecular weight excluding hydrogens is 236 g/mol. The lowest BCUT2D eigenvalue weighted by Crippen LogP contribution is -2.40. The molecule has 6 nitrogen and oxygen atoms in total. The summed E-state index contributed by atoms with van der Waals surface area (Å²) in [5, 5.41) is 19.5. The molecule has 0 unspecified atom stereocenters. The van der Waals surface area contributed by atoms with Gasteiger partial charge in [0.25, 0.3) is 0 Å². The summed E-state index contributed by atoms with van der Waals surface area (Å²) in [6.07, 6.45) is -4.16. The highest BCUT2D eigenvalue weighted by Crippen LogP contribution is 2.28. The molecule has 2 aliphatic heterocycles. The molecule has 2 N–H and O–H groups in total. The van der Waals surface area contributed by atoms with Gasteiger partial charge in [-0.15, -0.1) is 0 Å². The number of aliphatic hydroxyl groups is 2. The van der Waals surface area contributed by atoms with Gasteiger partial charge in [-0.25, -0.2) is 0 Å². The van der Waals surface area contributed by atoms with Crippen LogP contribution in [-0.4, -0.2) is 59.4 Å². The SMILES string of the molecule is CCO[C@H]1O[C@@H]([C@@H]2COC(=S)O2)[C@@H](O)[C@H]1O. The van der Waals surface area contributed by atoms with Gasteiger partial charge in [0.05, 0.1) is 0 Å². The van der Waals surface area contributed by atoms with E-state index in [1.807, 2.05) is 0 Å². The van der Waals surface area contributed by atoms with E-state index in [0.717, 1.165) is 0 Å². The number of rotatable bonds is 3. The van der Waals surface area contributed by atoms with Crippen molar-refractivity contribution < 1.29 is 29.2 Å². The molecule has 2 aliphatic rings. The van der Waals surface area contributed by atoms with Crippen LogP contribution in [0.4, 0.5) is 0 Å². The predicted molar refractivity (Wildman–Crippen MR) is 55.7 cm³/mol. The molecule has 16 heavy (non-hydrogen) atoms. The monoisotopic (exact) mass is 250 g/mol. The highest BCUT2D eigenvalue weighted by atomic mass is 32.1. The number of aliphatic hydroxyl groups excluding tert-OH is 2. The molecule has 0 amide bonds.